The lowest BCUT2D eigenvalue weighted by Gasteiger charge is -2.23. The summed E-state index contributed by atoms with van der Waals surface area (Å²) in [5.41, 5.74) is 1.08. The normalized spacial score (nSPS) is 20.6. The summed E-state index contributed by atoms with van der Waals surface area (Å²) in [5.74, 6) is -0.136. The molecule has 1 N–H and O–H groups in total. The van der Waals surface area contributed by atoms with Crippen LogP contribution in [0.15, 0.2) is 24.3 Å². The van der Waals surface area contributed by atoms with Gasteiger partial charge in [-0.2, -0.15) is 0 Å². The number of benzene rings is 1. The molecule has 1 unspecified atom stereocenters. The summed E-state index contributed by atoms with van der Waals surface area (Å²) < 4.78 is 13.0. The van der Waals surface area contributed by atoms with E-state index in [1.54, 1.807) is 12.1 Å². The zero-order valence-electron chi connectivity index (χ0n) is 9.75. The molecule has 0 saturated carbocycles. The molecule has 0 aromatic heterocycles. The van der Waals surface area contributed by atoms with E-state index >= 15 is 0 Å². The third-order valence-electron chi connectivity index (χ3n) is 3.30. The molecular weight excluding hydrogens is 203 g/mol. The van der Waals surface area contributed by atoms with Crippen LogP contribution in [0.1, 0.15) is 12.0 Å². The van der Waals surface area contributed by atoms with E-state index in [0.717, 1.165) is 31.6 Å². The van der Waals surface area contributed by atoms with Crippen LogP contribution in [0.4, 0.5) is 4.39 Å². The number of nitrogens with zero attached hydrogens (tertiary/aromatic N) is 1. The summed E-state index contributed by atoms with van der Waals surface area (Å²) in [6.07, 6.45) is 2.14. The quantitative estimate of drug-likeness (QED) is 0.833. The van der Waals surface area contributed by atoms with Crippen molar-refractivity contribution in [2.45, 2.75) is 18.9 Å². The molecule has 0 amide bonds. The number of hydrogen-bond acceptors (Lipinski definition) is 2. The van der Waals surface area contributed by atoms with Crippen molar-refractivity contribution in [2.24, 2.45) is 0 Å². The van der Waals surface area contributed by atoms with Crippen molar-refractivity contribution in [3.8, 4) is 0 Å². The molecule has 3 heteroatoms. The van der Waals surface area contributed by atoms with Gasteiger partial charge in [0.2, 0.25) is 0 Å². The Balaban J connectivity index is 1.82. The largest absolute Gasteiger partial charge is 0.315 e. The first kappa shape index (κ1) is 11.6. The minimum Gasteiger partial charge on any atom is -0.315 e. The van der Waals surface area contributed by atoms with Gasteiger partial charge in [0.25, 0.3) is 0 Å². The predicted octanol–water partition coefficient (Wildman–Crippen LogP) is 1.66. The smallest absolute Gasteiger partial charge is 0.123 e. The van der Waals surface area contributed by atoms with Crippen molar-refractivity contribution < 1.29 is 4.39 Å². The summed E-state index contributed by atoms with van der Waals surface area (Å²) in [6.45, 7) is 3.20. The number of rotatable bonds is 4. The molecule has 1 heterocycles. The van der Waals surface area contributed by atoms with Crippen LogP contribution < -0.4 is 5.32 Å². The van der Waals surface area contributed by atoms with Crippen molar-refractivity contribution in [1.29, 1.82) is 0 Å². The molecular formula is C13H19FN2. The van der Waals surface area contributed by atoms with E-state index in [1.807, 2.05) is 6.07 Å². The molecule has 88 valence electrons. The first-order valence-electron chi connectivity index (χ1n) is 5.91. The molecule has 0 spiro atoms. The summed E-state index contributed by atoms with van der Waals surface area (Å²) in [4.78, 5) is 2.37. The van der Waals surface area contributed by atoms with Crippen LogP contribution in [-0.2, 0) is 6.42 Å². The average molecular weight is 222 g/mol. The molecule has 1 atom stereocenters. The first-order chi connectivity index (χ1) is 7.75. The van der Waals surface area contributed by atoms with Crippen molar-refractivity contribution in [3.05, 3.63) is 35.6 Å². The van der Waals surface area contributed by atoms with Gasteiger partial charge in [-0.3, -0.25) is 0 Å². The number of nitrogens with one attached hydrogen (secondary N) is 1. The molecule has 1 aliphatic rings. The van der Waals surface area contributed by atoms with Gasteiger partial charge in [-0.05, 0) is 44.1 Å². The molecule has 1 saturated heterocycles. The lowest BCUT2D eigenvalue weighted by Crippen LogP contribution is -2.34. The molecule has 1 aliphatic heterocycles. The molecule has 0 radical (unpaired) electrons. The third kappa shape index (κ3) is 3.03. The highest BCUT2D eigenvalue weighted by Gasteiger charge is 2.18. The molecule has 0 aliphatic carbocycles. The standard InChI is InChI=1S/C13H19FN2/c1-16(13-5-7-15-10-13)8-6-11-3-2-4-12(14)9-11/h2-4,9,13,15H,5-8,10H2,1H3. The molecule has 1 fully saturated rings. The lowest BCUT2D eigenvalue weighted by molar-refractivity contribution is 0.260. The Labute approximate surface area is 96.5 Å². The van der Waals surface area contributed by atoms with Gasteiger partial charge < -0.3 is 10.2 Å². The number of hydrogen-bond donors (Lipinski definition) is 1. The maximum Gasteiger partial charge on any atom is 0.123 e. The van der Waals surface area contributed by atoms with Crippen LogP contribution in [0.2, 0.25) is 0 Å². The van der Waals surface area contributed by atoms with Gasteiger partial charge in [-0.15, -0.1) is 0 Å². The van der Waals surface area contributed by atoms with Crippen LogP contribution in [0, 0.1) is 5.82 Å². The van der Waals surface area contributed by atoms with Crippen molar-refractivity contribution in [1.82, 2.24) is 10.2 Å². The fourth-order valence-electron chi connectivity index (χ4n) is 2.20. The van der Waals surface area contributed by atoms with Crippen LogP contribution in [0.25, 0.3) is 0 Å². The predicted molar refractivity (Wildman–Crippen MR) is 64.0 cm³/mol. The minimum absolute atomic E-state index is 0.136. The van der Waals surface area contributed by atoms with Crippen molar-refractivity contribution in [2.75, 3.05) is 26.7 Å². The van der Waals surface area contributed by atoms with Crippen LogP contribution in [0.3, 0.4) is 0 Å². The van der Waals surface area contributed by atoms with Crippen LogP contribution >= 0.6 is 0 Å². The summed E-state index contributed by atoms with van der Waals surface area (Å²) in [7, 11) is 2.15. The summed E-state index contributed by atoms with van der Waals surface area (Å²) in [5, 5.41) is 3.36. The van der Waals surface area contributed by atoms with Crippen LogP contribution in [-0.4, -0.2) is 37.6 Å². The lowest BCUT2D eigenvalue weighted by atomic mass is 10.1. The third-order valence-corrected chi connectivity index (χ3v) is 3.30. The van der Waals surface area contributed by atoms with Crippen molar-refractivity contribution >= 4 is 0 Å². The zero-order valence-corrected chi connectivity index (χ0v) is 9.75. The van der Waals surface area contributed by atoms with Gasteiger partial charge in [0.15, 0.2) is 0 Å². The number of likely N-dealkylation sites (N-methyl/N-ethyl adjacent to an activating group) is 1. The highest BCUT2D eigenvalue weighted by atomic mass is 19.1. The summed E-state index contributed by atoms with van der Waals surface area (Å²) >= 11 is 0. The second kappa shape index (κ2) is 5.41. The van der Waals surface area contributed by atoms with E-state index in [1.165, 1.54) is 12.5 Å². The van der Waals surface area contributed by atoms with E-state index in [4.69, 9.17) is 0 Å². The Morgan fingerprint density at radius 1 is 1.50 bits per heavy atom. The van der Waals surface area contributed by atoms with E-state index in [0.29, 0.717) is 6.04 Å². The Morgan fingerprint density at radius 3 is 3.06 bits per heavy atom. The SMILES string of the molecule is CN(CCc1cccc(F)c1)C1CCNC1. The highest BCUT2D eigenvalue weighted by Crippen LogP contribution is 2.09. The maximum absolute atomic E-state index is 13.0. The number of halogens is 1. The second-order valence-corrected chi connectivity index (χ2v) is 4.51. The Bertz CT molecular complexity index is 334. The zero-order chi connectivity index (χ0) is 11.4. The fourth-order valence-corrected chi connectivity index (χ4v) is 2.20. The second-order valence-electron chi connectivity index (χ2n) is 4.51. The first-order valence-corrected chi connectivity index (χ1v) is 5.91. The van der Waals surface area contributed by atoms with E-state index in [2.05, 4.69) is 17.3 Å². The molecule has 1 aromatic carbocycles. The highest BCUT2D eigenvalue weighted by molar-refractivity contribution is 5.16. The van der Waals surface area contributed by atoms with E-state index < -0.39 is 0 Å². The van der Waals surface area contributed by atoms with Gasteiger partial charge in [0, 0.05) is 19.1 Å². The average Bonchev–Trinajstić information content (AvgIpc) is 2.79. The topological polar surface area (TPSA) is 15.3 Å². The molecule has 2 rings (SSSR count). The molecule has 0 bridgehead atoms. The van der Waals surface area contributed by atoms with Crippen molar-refractivity contribution in [3.63, 3.8) is 0 Å². The molecule has 16 heavy (non-hydrogen) atoms. The Hall–Kier alpha value is -0.930. The Kier molecular flexibility index (Phi) is 3.91. The minimum atomic E-state index is -0.136. The van der Waals surface area contributed by atoms with Gasteiger partial charge in [-0.1, -0.05) is 12.1 Å². The van der Waals surface area contributed by atoms with E-state index in [9.17, 15) is 4.39 Å². The monoisotopic (exact) mass is 222 g/mol. The van der Waals surface area contributed by atoms with Crippen LogP contribution in [0.5, 0.6) is 0 Å². The van der Waals surface area contributed by atoms with Gasteiger partial charge in [0.1, 0.15) is 5.82 Å². The fraction of sp³-hybridized carbons (Fsp3) is 0.538. The Morgan fingerprint density at radius 2 is 2.38 bits per heavy atom. The van der Waals surface area contributed by atoms with Gasteiger partial charge in [0.05, 0.1) is 0 Å². The molecule has 2 nitrogen and oxygen atoms in total. The van der Waals surface area contributed by atoms with E-state index in [-0.39, 0.29) is 5.82 Å². The van der Waals surface area contributed by atoms with Gasteiger partial charge in [-0.25, -0.2) is 4.39 Å². The summed E-state index contributed by atoms with van der Waals surface area (Å²) in [6, 6.07) is 7.54. The van der Waals surface area contributed by atoms with Gasteiger partial charge >= 0.3 is 0 Å². The maximum atomic E-state index is 13.0. The molecule has 1 aromatic rings.